The third-order valence-electron chi connectivity index (χ3n) is 4.59. The number of aromatic nitrogens is 1. The maximum absolute atomic E-state index is 11.7. The number of rotatable bonds is 10. The molecule has 1 heterocycles. The van der Waals surface area contributed by atoms with Crippen LogP contribution >= 0.6 is 0 Å². The fourth-order valence-electron chi connectivity index (χ4n) is 3.37. The smallest absolute Gasteiger partial charge is 0.352 e. The molecule has 0 aliphatic rings. The topological polar surface area (TPSA) is 135 Å². The zero-order valence-corrected chi connectivity index (χ0v) is 16.9. The van der Waals surface area contributed by atoms with Crippen molar-refractivity contribution in [3.05, 3.63) is 58.9 Å². The van der Waals surface area contributed by atoms with Crippen molar-refractivity contribution in [2.75, 3.05) is 20.8 Å². The van der Waals surface area contributed by atoms with Crippen LogP contribution < -0.4 is 5.32 Å². The van der Waals surface area contributed by atoms with E-state index in [1.54, 1.807) is 26.3 Å². The largest absolute Gasteiger partial charge is 0.477 e. The van der Waals surface area contributed by atoms with Crippen molar-refractivity contribution in [1.29, 1.82) is 0 Å². The monoisotopic (exact) mass is 406 g/mol. The summed E-state index contributed by atoms with van der Waals surface area (Å²) in [5, 5.41) is 41.8. The predicted octanol–water partition coefficient (Wildman–Crippen LogP) is 1.57. The summed E-state index contributed by atoms with van der Waals surface area (Å²) in [7, 11) is 3.29. The number of nitrogens with one attached hydrogen (secondary N) is 2. The fraction of sp³-hybridized carbons (Fsp3) is 0.381. The first-order chi connectivity index (χ1) is 14.0. The Morgan fingerprint density at radius 2 is 1.76 bits per heavy atom. The van der Waals surface area contributed by atoms with Gasteiger partial charge in [-0.3, -0.25) is 0 Å². The number of methoxy groups -OCH3 is 1. The Labute approximate surface area is 170 Å². The highest BCUT2D eigenvalue weighted by molar-refractivity contribution is 5.92. The number of aromatic amines is 1. The second-order valence-corrected chi connectivity index (χ2v) is 6.11. The number of hydrogen-bond donors (Lipinski definition) is 6. The van der Waals surface area contributed by atoms with Crippen molar-refractivity contribution >= 4 is 5.97 Å². The molecular weight excluding hydrogens is 376 g/mol. The number of ether oxygens (including phenoxy) is 1. The average Bonchev–Trinajstić information content (AvgIpc) is 3.10. The number of carboxylic acids is 1. The van der Waals surface area contributed by atoms with Gasteiger partial charge < -0.3 is 35.5 Å². The summed E-state index contributed by atoms with van der Waals surface area (Å²) in [6, 6.07) is 3.41. The van der Waals surface area contributed by atoms with Crippen LogP contribution in [0.25, 0.3) is 11.1 Å². The highest BCUT2D eigenvalue weighted by atomic mass is 16.5. The number of carboxylic acid groups (broad SMARTS) is 1. The predicted molar refractivity (Wildman–Crippen MR) is 111 cm³/mol. The van der Waals surface area contributed by atoms with E-state index in [1.807, 2.05) is 0 Å². The molecule has 29 heavy (non-hydrogen) atoms. The molecule has 1 aromatic carbocycles. The summed E-state index contributed by atoms with van der Waals surface area (Å²) in [4.78, 5) is 14.7. The Balaban J connectivity index is 0.00000204. The van der Waals surface area contributed by atoms with Crippen molar-refractivity contribution < 1.29 is 30.0 Å². The molecule has 0 aliphatic carbocycles. The summed E-state index contributed by atoms with van der Waals surface area (Å²) >= 11 is 0. The van der Waals surface area contributed by atoms with Gasteiger partial charge in [-0.05, 0) is 41.3 Å². The summed E-state index contributed by atoms with van der Waals surface area (Å²) in [5.41, 5.74) is 4.04. The molecule has 0 saturated carbocycles. The lowest BCUT2D eigenvalue weighted by molar-refractivity contribution is 0.0689. The lowest BCUT2D eigenvalue weighted by Crippen LogP contribution is -2.09. The van der Waals surface area contributed by atoms with Gasteiger partial charge in [-0.1, -0.05) is 12.1 Å². The molecule has 6 N–H and O–H groups in total. The van der Waals surface area contributed by atoms with Gasteiger partial charge in [0.15, 0.2) is 0 Å². The molecule has 8 heteroatoms. The molecule has 2 aromatic rings. The number of aromatic carboxylic acids is 1. The molecule has 2 rings (SSSR count). The Morgan fingerprint density at radius 1 is 1.10 bits per heavy atom. The molecule has 0 bridgehead atoms. The van der Waals surface area contributed by atoms with Gasteiger partial charge in [0.05, 0.1) is 26.4 Å². The minimum absolute atomic E-state index is 0.0768. The van der Waals surface area contributed by atoms with E-state index in [4.69, 9.17) is 4.74 Å². The van der Waals surface area contributed by atoms with Crippen LogP contribution in [-0.2, 0) is 37.5 Å². The molecular formula is C21H30N2O6. The van der Waals surface area contributed by atoms with Crippen LogP contribution in [0.1, 0.15) is 38.4 Å². The van der Waals surface area contributed by atoms with Gasteiger partial charge in [-0.2, -0.15) is 0 Å². The zero-order valence-electron chi connectivity index (χ0n) is 16.9. The van der Waals surface area contributed by atoms with Gasteiger partial charge in [0.2, 0.25) is 0 Å². The first kappa shape index (κ1) is 24.5. The Morgan fingerprint density at radius 3 is 2.24 bits per heavy atom. The number of H-pyrrole nitrogens is 1. The standard InChI is InChI=1S/C19H26N2O6.C2H4/c1-20-7-16-17(13(5-6-27-2)18(21-16)19(25)26)12-4-3-11(8-22)14(9-23)15(12)10-24;1-2/h3-4,20-24H,5-10H2,1-2H3,(H,25,26);1-2H2. The molecule has 0 spiro atoms. The van der Waals surface area contributed by atoms with E-state index in [2.05, 4.69) is 23.5 Å². The van der Waals surface area contributed by atoms with E-state index in [1.165, 1.54) is 0 Å². The highest BCUT2D eigenvalue weighted by Gasteiger charge is 2.25. The van der Waals surface area contributed by atoms with Crippen LogP contribution in [0, 0.1) is 0 Å². The van der Waals surface area contributed by atoms with E-state index in [0.29, 0.717) is 58.6 Å². The summed E-state index contributed by atoms with van der Waals surface area (Å²) < 4.78 is 5.13. The number of benzene rings is 1. The van der Waals surface area contributed by atoms with Gasteiger partial charge in [-0.25, -0.2) is 4.79 Å². The molecule has 0 fully saturated rings. The summed E-state index contributed by atoms with van der Waals surface area (Å²) in [5.74, 6) is -1.08. The summed E-state index contributed by atoms with van der Waals surface area (Å²) in [6.07, 6.45) is 0.370. The SMILES string of the molecule is C=C.CNCc1[nH]c(C(=O)O)c(CCOC)c1-c1ccc(CO)c(CO)c1CO. The minimum Gasteiger partial charge on any atom is -0.477 e. The molecule has 8 nitrogen and oxygen atoms in total. The Kier molecular flexibility index (Phi) is 10.3. The molecule has 0 radical (unpaired) electrons. The lowest BCUT2D eigenvalue weighted by atomic mass is 9.89. The lowest BCUT2D eigenvalue weighted by Gasteiger charge is -2.17. The normalized spacial score (nSPS) is 10.5. The van der Waals surface area contributed by atoms with Crippen molar-refractivity contribution in [3.8, 4) is 11.1 Å². The first-order valence-electron chi connectivity index (χ1n) is 9.11. The van der Waals surface area contributed by atoms with Crippen molar-refractivity contribution in [2.24, 2.45) is 0 Å². The number of hydrogen-bond acceptors (Lipinski definition) is 6. The average molecular weight is 406 g/mol. The van der Waals surface area contributed by atoms with E-state index >= 15 is 0 Å². The fourth-order valence-corrected chi connectivity index (χ4v) is 3.37. The quantitative estimate of drug-likeness (QED) is 0.330. The van der Waals surface area contributed by atoms with Crippen molar-refractivity contribution in [3.63, 3.8) is 0 Å². The number of aliphatic hydroxyl groups is 3. The van der Waals surface area contributed by atoms with E-state index < -0.39 is 5.97 Å². The Bertz CT molecular complexity index is 816. The van der Waals surface area contributed by atoms with Gasteiger partial charge >= 0.3 is 5.97 Å². The van der Waals surface area contributed by atoms with Crippen LogP contribution in [0.3, 0.4) is 0 Å². The molecule has 1 aromatic heterocycles. The van der Waals surface area contributed by atoms with E-state index in [0.717, 1.165) is 0 Å². The third kappa shape index (κ3) is 5.31. The second-order valence-electron chi connectivity index (χ2n) is 6.11. The first-order valence-corrected chi connectivity index (χ1v) is 9.11. The number of carbonyl (C=O) groups is 1. The van der Waals surface area contributed by atoms with Gasteiger partial charge in [-0.15, -0.1) is 13.2 Å². The van der Waals surface area contributed by atoms with Gasteiger partial charge in [0, 0.05) is 24.9 Å². The second kappa shape index (κ2) is 12.2. The molecule has 0 atom stereocenters. The van der Waals surface area contributed by atoms with Crippen molar-refractivity contribution in [1.82, 2.24) is 10.3 Å². The van der Waals surface area contributed by atoms with E-state index in [9.17, 15) is 25.2 Å². The van der Waals surface area contributed by atoms with Gasteiger partial charge in [0.1, 0.15) is 5.69 Å². The van der Waals surface area contributed by atoms with E-state index in [-0.39, 0.29) is 25.5 Å². The molecule has 0 saturated heterocycles. The zero-order chi connectivity index (χ0) is 22.0. The maximum Gasteiger partial charge on any atom is 0.352 e. The van der Waals surface area contributed by atoms with Crippen molar-refractivity contribution in [2.45, 2.75) is 32.8 Å². The molecule has 0 amide bonds. The van der Waals surface area contributed by atoms with Crippen LogP contribution in [0.4, 0.5) is 0 Å². The maximum atomic E-state index is 11.7. The minimum atomic E-state index is -1.08. The third-order valence-corrected chi connectivity index (χ3v) is 4.59. The molecule has 0 unspecified atom stereocenters. The molecule has 0 aliphatic heterocycles. The number of aliphatic hydroxyl groups excluding tert-OH is 3. The van der Waals surface area contributed by atoms with Gasteiger partial charge in [0.25, 0.3) is 0 Å². The highest BCUT2D eigenvalue weighted by Crippen LogP contribution is 2.36. The molecule has 160 valence electrons. The Hall–Kier alpha value is -2.49. The van der Waals surface area contributed by atoms with Crippen LogP contribution in [0.5, 0.6) is 0 Å². The van der Waals surface area contributed by atoms with Crippen LogP contribution in [-0.4, -0.2) is 52.1 Å². The van der Waals surface area contributed by atoms with Crippen LogP contribution in [0.2, 0.25) is 0 Å². The summed E-state index contributed by atoms with van der Waals surface area (Å²) in [6.45, 7) is 5.76. The van der Waals surface area contributed by atoms with Crippen LogP contribution in [0.15, 0.2) is 25.3 Å².